The second kappa shape index (κ2) is 9.37. The summed E-state index contributed by atoms with van der Waals surface area (Å²) in [7, 11) is 1.67. The number of amides is 1. The number of rotatable bonds is 6. The summed E-state index contributed by atoms with van der Waals surface area (Å²) >= 11 is 0. The Morgan fingerprint density at radius 3 is 2.31 bits per heavy atom. The Balaban J connectivity index is 1.86. The third-order valence-electron chi connectivity index (χ3n) is 5.40. The molecule has 2 aromatic carbocycles. The molecule has 0 unspecified atom stereocenters. The molecule has 11 heteroatoms. The molecule has 35 heavy (non-hydrogen) atoms. The molecule has 1 heterocycles. The average molecular weight is 479 g/mol. The van der Waals surface area contributed by atoms with Crippen molar-refractivity contribution >= 4 is 23.3 Å². The monoisotopic (exact) mass is 479 g/mol. The maximum atomic E-state index is 12.5. The molecule has 0 aliphatic carbocycles. The van der Waals surface area contributed by atoms with Crippen molar-refractivity contribution in [3.8, 4) is 17.0 Å². The fraction of sp³-hybridized carbons (Fsp3) is 0.250. The third kappa shape index (κ3) is 5.18. The molecular weight excluding hydrogens is 454 g/mol. The normalized spacial score (nSPS) is 11.9. The third-order valence-corrected chi connectivity index (χ3v) is 5.40. The molecule has 0 fully saturated rings. The van der Waals surface area contributed by atoms with E-state index in [1.807, 2.05) is 24.3 Å². The molecule has 0 saturated heterocycles. The standard InChI is InChI=1S/C24H25N5O6/c1-13(25-26-22(31)15-8-11-17(23(32)33)18(12-15)29(34)35)19-21(30)20(28(5)27-19)14-6-9-16(10-7-14)24(2,3)4/h6-12,30H,1-5H3,(H,26,31)(H,32,33)/b25-13-. The van der Waals surface area contributed by atoms with Gasteiger partial charge in [-0.3, -0.25) is 19.6 Å². The van der Waals surface area contributed by atoms with E-state index in [9.17, 15) is 24.8 Å². The molecule has 0 bridgehead atoms. The number of nitro benzene ring substituents is 1. The molecule has 11 nitrogen and oxygen atoms in total. The number of nitrogens with zero attached hydrogens (tertiary/aromatic N) is 4. The average Bonchev–Trinajstić information content (AvgIpc) is 3.10. The number of hydrogen-bond donors (Lipinski definition) is 3. The first kappa shape index (κ1) is 25.1. The second-order valence-electron chi connectivity index (χ2n) is 8.93. The van der Waals surface area contributed by atoms with Crippen molar-refractivity contribution in [2.24, 2.45) is 12.1 Å². The number of carbonyl (C=O) groups is 2. The number of carboxylic acids is 1. The molecule has 1 amide bonds. The predicted molar refractivity (Wildman–Crippen MR) is 129 cm³/mol. The number of aromatic carboxylic acids is 1. The maximum Gasteiger partial charge on any atom is 0.342 e. The van der Waals surface area contributed by atoms with E-state index in [0.29, 0.717) is 5.69 Å². The number of aromatic hydroxyl groups is 1. The van der Waals surface area contributed by atoms with Gasteiger partial charge in [0.05, 0.1) is 10.6 Å². The Labute approximate surface area is 200 Å². The Morgan fingerprint density at radius 1 is 1.14 bits per heavy atom. The van der Waals surface area contributed by atoms with Gasteiger partial charge < -0.3 is 10.2 Å². The summed E-state index contributed by atoms with van der Waals surface area (Å²) in [5.41, 5.74) is 3.54. The largest absolute Gasteiger partial charge is 0.504 e. The van der Waals surface area contributed by atoms with Gasteiger partial charge in [-0.25, -0.2) is 10.2 Å². The van der Waals surface area contributed by atoms with Crippen molar-refractivity contribution in [1.82, 2.24) is 15.2 Å². The van der Waals surface area contributed by atoms with Crippen LogP contribution in [0.3, 0.4) is 0 Å². The van der Waals surface area contributed by atoms with Gasteiger partial charge in [0.25, 0.3) is 11.6 Å². The highest BCUT2D eigenvalue weighted by Gasteiger charge is 2.23. The van der Waals surface area contributed by atoms with Crippen LogP contribution in [0.15, 0.2) is 47.6 Å². The van der Waals surface area contributed by atoms with Crippen molar-refractivity contribution < 1.29 is 24.7 Å². The second-order valence-corrected chi connectivity index (χ2v) is 8.93. The molecule has 0 atom stereocenters. The lowest BCUT2D eigenvalue weighted by atomic mass is 9.86. The van der Waals surface area contributed by atoms with E-state index in [1.54, 1.807) is 7.05 Å². The summed E-state index contributed by atoms with van der Waals surface area (Å²) in [6.45, 7) is 7.85. The molecule has 0 spiro atoms. The number of aromatic nitrogens is 2. The van der Waals surface area contributed by atoms with E-state index < -0.39 is 28.1 Å². The minimum atomic E-state index is -1.48. The van der Waals surface area contributed by atoms with E-state index in [2.05, 4.69) is 36.4 Å². The summed E-state index contributed by atoms with van der Waals surface area (Å²) in [6, 6.07) is 10.7. The topological polar surface area (TPSA) is 160 Å². The molecule has 3 N–H and O–H groups in total. The predicted octanol–water partition coefficient (Wildman–Crippen LogP) is 3.85. The first-order valence-electron chi connectivity index (χ1n) is 10.5. The van der Waals surface area contributed by atoms with Gasteiger partial charge in [-0.1, -0.05) is 45.0 Å². The van der Waals surface area contributed by atoms with E-state index in [-0.39, 0.29) is 28.1 Å². The van der Waals surface area contributed by atoms with Crippen LogP contribution in [-0.2, 0) is 12.5 Å². The lowest BCUT2D eigenvalue weighted by molar-refractivity contribution is -0.385. The number of hydrogen-bond acceptors (Lipinski definition) is 7. The highest BCUT2D eigenvalue weighted by molar-refractivity contribution is 6.03. The van der Waals surface area contributed by atoms with Crippen LogP contribution in [0.4, 0.5) is 5.69 Å². The number of carbonyl (C=O) groups excluding carboxylic acids is 1. The van der Waals surface area contributed by atoms with Crippen LogP contribution in [0.2, 0.25) is 0 Å². The summed E-state index contributed by atoms with van der Waals surface area (Å²) in [5, 5.41) is 39.3. The summed E-state index contributed by atoms with van der Waals surface area (Å²) in [6.07, 6.45) is 0. The maximum absolute atomic E-state index is 12.5. The van der Waals surface area contributed by atoms with Crippen LogP contribution in [0.5, 0.6) is 5.75 Å². The Morgan fingerprint density at radius 2 is 1.77 bits per heavy atom. The Bertz CT molecular complexity index is 1350. The zero-order valence-electron chi connectivity index (χ0n) is 19.9. The van der Waals surface area contributed by atoms with Gasteiger partial charge in [0, 0.05) is 24.2 Å². The van der Waals surface area contributed by atoms with Crippen LogP contribution in [-0.4, -0.2) is 42.5 Å². The lowest BCUT2D eigenvalue weighted by Crippen LogP contribution is -2.20. The van der Waals surface area contributed by atoms with Crippen LogP contribution in [0.25, 0.3) is 11.3 Å². The molecule has 1 aromatic heterocycles. The van der Waals surface area contributed by atoms with E-state index in [1.165, 1.54) is 11.6 Å². The number of aryl methyl sites for hydroxylation is 1. The van der Waals surface area contributed by atoms with E-state index in [0.717, 1.165) is 29.3 Å². The van der Waals surface area contributed by atoms with Gasteiger partial charge in [0.15, 0.2) is 11.4 Å². The zero-order chi connectivity index (χ0) is 26.1. The highest BCUT2D eigenvalue weighted by Crippen LogP contribution is 2.33. The first-order valence-corrected chi connectivity index (χ1v) is 10.5. The van der Waals surface area contributed by atoms with E-state index >= 15 is 0 Å². The van der Waals surface area contributed by atoms with Crippen LogP contribution in [0.1, 0.15) is 59.7 Å². The van der Waals surface area contributed by atoms with Crippen molar-refractivity contribution in [3.63, 3.8) is 0 Å². The van der Waals surface area contributed by atoms with Gasteiger partial charge >= 0.3 is 5.97 Å². The molecule has 0 saturated carbocycles. The molecular formula is C24H25N5O6. The molecule has 0 aliphatic heterocycles. The zero-order valence-corrected chi connectivity index (χ0v) is 19.9. The first-order chi connectivity index (χ1) is 16.3. The van der Waals surface area contributed by atoms with Crippen molar-refractivity contribution in [2.75, 3.05) is 0 Å². The van der Waals surface area contributed by atoms with Crippen molar-refractivity contribution in [3.05, 3.63) is 75.0 Å². The van der Waals surface area contributed by atoms with Crippen LogP contribution < -0.4 is 5.43 Å². The SMILES string of the molecule is C/C(=N/NC(=O)c1ccc(C(=O)O)c([N+](=O)[O-])c1)c1nn(C)c(-c2ccc(C(C)(C)C)cc2)c1O. The number of benzene rings is 2. The summed E-state index contributed by atoms with van der Waals surface area (Å²) < 4.78 is 1.51. The lowest BCUT2D eigenvalue weighted by Gasteiger charge is -2.19. The summed E-state index contributed by atoms with van der Waals surface area (Å²) in [5.74, 6) is -2.39. The van der Waals surface area contributed by atoms with Crippen LogP contribution >= 0.6 is 0 Å². The van der Waals surface area contributed by atoms with Gasteiger partial charge in [-0.15, -0.1) is 0 Å². The summed E-state index contributed by atoms with van der Waals surface area (Å²) in [4.78, 5) is 33.9. The number of hydrazone groups is 1. The van der Waals surface area contributed by atoms with Crippen LogP contribution in [0, 0.1) is 10.1 Å². The Hall–Kier alpha value is -4.54. The highest BCUT2D eigenvalue weighted by atomic mass is 16.6. The van der Waals surface area contributed by atoms with Gasteiger partial charge in [0.2, 0.25) is 0 Å². The fourth-order valence-corrected chi connectivity index (χ4v) is 3.47. The smallest absolute Gasteiger partial charge is 0.342 e. The number of carboxylic acid groups (broad SMARTS) is 1. The van der Waals surface area contributed by atoms with Crippen molar-refractivity contribution in [2.45, 2.75) is 33.1 Å². The van der Waals surface area contributed by atoms with Gasteiger partial charge in [0.1, 0.15) is 11.3 Å². The quantitative estimate of drug-likeness (QED) is 0.275. The minimum absolute atomic E-state index is 0.0198. The molecule has 0 aliphatic rings. The minimum Gasteiger partial charge on any atom is -0.504 e. The van der Waals surface area contributed by atoms with Crippen molar-refractivity contribution in [1.29, 1.82) is 0 Å². The molecule has 0 radical (unpaired) electrons. The molecule has 182 valence electrons. The number of nitrogens with one attached hydrogen (secondary N) is 1. The number of nitro groups is 1. The van der Waals surface area contributed by atoms with Gasteiger partial charge in [-0.2, -0.15) is 10.2 Å². The molecule has 3 aromatic rings. The Kier molecular flexibility index (Phi) is 6.72. The fourth-order valence-electron chi connectivity index (χ4n) is 3.47. The van der Waals surface area contributed by atoms with Gasteiger partial charge in [-0.05, 0) is 30.0 Å². The van der Waals surface area contributed by atoms with E-state index in [4.69, 9.17) is 5.11 Å². The molecule has 3 rings (SSSR count).